The van der Waals surface area contributed by atoms with Crippen LogP contribution < -0.4 is 5.73 Å². The van der Waals surface area contributed by atoms with Crippen LogP contribution in [0.15, 0.2) is 0 Å². The van der Waals surface area contributed by atoms with Crippen molar-refractivity contribution in [2.75, 3.05) is 18.6 Å². The molecule has 3 nitrogen and oxygen atoms in total. The third kappa shape index (κ3) is 8.75. The Labute approximate surface area is 97.1 Å². The van der Waals surface area contributed by atoms with Crippen LogP contribution in [0.5, 0.6) is 0 Å². The van der Waals surface area contributed by atoms with E-state index in [2.05, 4.69) is 25.5 Å². The summed E-state index contributed by atoms with van der Waals surface area (Å²) in [5.41, 5.74) is 5.99. The molecule has 0 spiro atoms. The first kappa shape index (κ1) is 14.8. The van der Waals surface area contributed by atoms with Crippen molar-refractivity contribution in [2.45, 2.75) is 39.7 Å². The number of rotatable bonds is 6. The second kappa shape index (κ2) is 7.12. The fourth-order valence-electron chi connectivity index (χ4n) is 0.960. The second-order valence-corrected chi connectivity index (χ2v) is 6.07. The Balaban J connectivity index is 3.43. The van der Waals surface area contributed by atoms with Crippen LogP contribution in [0.25, 0.3) is 0 Å². The predicted octanol–water partition coefficient (Wildman–Crippen LogP) is 2.05. The third-order valence-corrected chi connectivity index (χ3v) is 3.09. The van der Waals surface area contributed by atoms with Gasteiger partial charge in [0.1, 0.15) is 6.04 Å². The number of methoxy groups -OCH3 is 1. The summed E-state index contributed by atoms with van der Waals surface area (Å²) in [6, 6.07) is -0.461. The predicted molar refractivity (Wildman–Crippen MR) is 66.0 cm³/mol. The van der Waals surface area contributed by atoms with Crippen molar-refractivity contribution < 1.29 is 9.53 Å². The minimum atomic E-state index is -0.461. The molecule has 0 heterocycles. The van der Waals surface area contributed by atoms with Crippen molar-refractivity contribution in [3.63, 3.8) is 0 Å². The van der Waals surface area contributed by atoms with Crippen molar-refractivity contribution in [1.82, 2.24) is 0 Å². The molecule has 0 amide bonds. The Morgan fingerprint density at radius 1 is 1.40 bits per heavy atom. The molecule has 1 atom stereocenters. The summed E-state index contributed by atoms with van der Waals surface area (Å²) in [5, 5.41) is 0. The summed E-state index contributed by atoms with van der Waals surface area (Å²) in [7, 11) is 1.37. The fraction of sp³-hybridized carbons (Fsp3) is 0.909. The summed E-state index contributed by atoms with van der Waals surface area (Å²) in [6.07, 6.45) is 1.88. The lowest BCUT2D eigenvalue weighted by Gasteiger charge is -2.17. The maximum atomic E-state index is 11.0. The lowest BCUT2D eigenvalue weighted by Crippen LogP contribution is -2.32. The molecule has 0 rings (SSSR count). The topological polar surface area (TPSA) is 52.3 Å². The molecule has 0 aliphatic rings. The first-order chi connectivity index (χ1) is 6.87. The maximum Gasteiger partial charge on any atom is 0.322 e. The molecular weight excluding hydrogens is 210 g/mol. The van der Waals surface area contributed by atoms with E-state index in [-0.39, 0.29) is 5.97 Å². The van der Waals surface area contributed by atoms with Crippen LogP contribution in [0.1, 0.15) is 33.6 Å². The summed E-state index contributed by atoms with van der Waals surface area (Å²) >= 11 is 1.85. The molecule has 15 heavy (non-hydrogen) atoms. The van der Waals surface area contributed by atoms with Crippen LogP contribution in [0, 0.1) is 5.41 Å². The average Bonchev–Trinajstić information content (AvgIpc) is 2.14. The van der Waals surface area contributed by atoms with E-state index in [4.69, 9.17) is 5.73 Å². The first-order valence-corrected chi connectivity index (χ1v) is 6.43. The van der Waals surface area contributed by atoms with Crippen LogP contribution in [-0.4, -0.2) is 30.6 Å². The number of thioether (sulfide) groups is 1. The number of hydrogen-bond donors (Lipinski definition) is 1. The fourth-order valence-corrected chi connectivity index (χ4v) is 2.34. The highest BCUT2D eigenvalue weighted by molar-refractivity contribution is 7.99. The molecule has 0 aromatic carbocycles. The highest BCUT2D eigenvalue weighted by Gasteiger charge is 2.13. The Morgan fingerprint density at radius 2 is 2.00 bits per heavy atom. The van der Waals surface area contributed by atoms with Gasteiger partial charge in [-0.25, -0.2) is 0 Å². The zero-order chi connectivity index (χ0) is 11.9. The van der Waals surface area contributed by atoms with Gasteiger partial charge in [0, 0.05) is 0 Å². The van der Waals surface area contributed by atoms with E-state index in [9.17, 15) is 4.79 Å². The maximum absolute atomic E-state index is 11.0. The highest BCUT2D eigenvalue weighted by atomic mass is 32.2. The average molecular weight is 233 g/mol. The molecule has 0 aromatic heterocycles. The van der Waals surface area contributed by atoms with E-state index in [1.54, 1.807) is 0 Å². The zero-order valence-electron chi connectivity index (χ0n) is 10.2. The van der Waals surface area contributed by atoms with E-state index in [0.717, 1.165) is 11.5 Å². The van der Waals surface area contributed by atoms with E-state index in [1.165, 1.54) is 13.5 Å². The molecule has 0 saturated carbocycles. The monoisotopic (exact) mass is 233 g/mol. The Morgan fingerprint density at radius 3 is 2.47 bits per heavy atom. The molecular formula is C11H23NO2S. The van der Waals surface area contributed by atoms with Crippen LogP contribution >= 0.6 is 11.8 Å². The Kier molecular flexibility index (Phi) is 7.02. The largest absolute Gasteiger partial charge is 0.468 e. The van der Waals surface area contributed by atoms with Gasteiger partial charge in [0.2, 0.25) is 0 Å². The van der Waals surface area contributed by atoms with Crippen molar-refractivity contribution in [3.05, 3.63) is 0 Å². The Bertz CT molecular complexity index is 190. The molecule has 0 bridgehead atoms. The summed E-state index contributed by atoms with van der Waals surface area (Å²) in [4.78, 5) is 11.0. The van der Waals surface area contributed by atoms with E-state index >= 15 is 0 Å². The third-order valence-electron chi connectivity index (χ3n) is 2.07. The van der Waals surface area contributed by atoms with Gasteiger partial charge >= 0.3 is 5.97 Å². The molecule has 0 saturated heterocycles. The minimum absolute atomic E-state index is 0.313. The standard InChI is InChI=1S/C11H23NO2S/c1-11(2,3)6-8-15-7-5-9(12)10(13)14-4/h9H,5-8,12H2,1-4H3. The normalized spacial score (nSPS) is 13.7. The van der Waals surface area contributed by atoms with Gasteiger partial charge < -0.3 is 10.5 Å². The number of ether oxygens (including phenoxy) is 1. The van der Waals surface area contributed by atoms with Crippen LogP contribution in [-0.2, 0) is 9.53 Å². The minimum Gasteiger partial charge on any atom is -0.468 e. The van der Waals surface area contributed by atoms with Gasteiger partial charge in [-0.1, -0.05) is 20.8 Å². The van der Waals surface area contributed by atoms with Gasteiger partial charge in [-0.05, 0) is 29.8 Å². The molecule has 0 aromatic rings. The lowest BCUT2D eigenvalue weighted by molar-refractivity contribution is -0.142. The lowest BCUT2D eigenvalue weighted by atomic mass is 9.94. The molecule has 90 valence electrons. The SMILES string of the molecule is COC(=O)C(N)CCSCCC(C)(C)C. The van der Waals surface area contributed by atoms with E-state index in [0.29, 0.717) is 11.8 Å². The van der Waals surface area contributed by atoms with Gasteiger partial charge in [0.05, 0.1) is 7.11 Å². The highest BCUT2D eigenvalue weighted by Crippen LogP contribution is 2.21. The number of esters is 1. The van der Waals surface area contributed by atoms with Crippen LogP contribution in [0.4, 0.5) is 0 Å². The van der Waals surface area contributed by atoms with Gasteiger partial charge in [-0.2, -0.15) is 11.8 Å². The Hall–Kier alpha value is -0.220. The number of carbonyl (C=O) groups is 1. The van der Waals surface area contributed by atoms with Gasteiger partial charge in [-0.3, -0.25) is 4.79 Å². The van der Waals surface area contributed by atoms with Crippen LogP contribution in [0.2, 0.25) is 0 Å². The summed E-state index contributed by atoms with van der Waals surface area (Å²) in [5.74, 6) is 1.73. The van der Waals surface area contributed by atoms with E-state index in [1.807, 2.05) is 11.8 Å². The molecule has 0 aliphatic heterocycles. The van der Waals surface area contributed by atoms with Gasteiger partial charge in [-0.15, -0.1) is 0 Å². The molecule has 4 heteroatoms. The molecule has 0 radical (unpaired) electrons. The van der Waals surface area contributed by atoms with Crippen LogP contribution in [0.3, 0.4) is 0 Å². The summed E-state index contributed by atoms with van der Waals surface area (Å²) < 4.78 is 4.55. The van der Waals surface area contributed by atoms with E-state index < -0.39 is 6.04 Å². The smallest absolute Gasteiger partial charge is 0.322 e. The zero-order valence-corrected chi connectivity index (χ0v) is 11.0. The van der Waals surface area contributed by atoms with Gasteiger partial charge in [0.25, 0.3) is 0 Å². The van der Waals surface area contributed by atoms with Crippen molar-refractivity contribution in [2.24, 2.45) is 11.1 Å². The molecule has 0 aliphatic carbocycles. The number of hydrogen-bond acceptors (Lipinski definition) is 4. The molecule has 2 N–H and O–H groups in total. The summed E-state index contributed by atoms with van der Waals surface area (Å²) in [6.45, 7) is 6.69. The van der Waals surface area contributed by atoms with Crippen molar-refractivity contribution in [3.8, 4) is 0 Å². The number of carbonyl (C=O) groups excluding carboxylic acids is 1. The van der Waals surface area contributed by atoms with Crippen molar-refractivity contribution in [1.29, 1.82) is 0 Å². The molecule has 1 unspecified atom stereocenters. The number of nitrogens with two attached hydrogens (primary N) is 1. The first-order valence-electron chi connectivity index (χ1n) is 5.28. The van der Waals surface area contributed by atoms with Crippen molar-refractivity contribution >= 4 is 17.7 Å². The quantitative estimate of drug-likeness (QED) is 0.563. The second-order valence-electron chi connectivity index (χ2n) is 4.84. The van der Waals surface area contributed by atoms with Gasteiger partial charge in [0.15, 0.2) is 0 Å². The molecule has 0 fully saturated rings.